The molecule has 2 atom stereocenters. The lowest BCUT2D eigenvalue weighted by Gasteiger charge is -2.46. The zero-order valence-electron chi connectivity index (χ0n) is 12.4. The van der Waals surface area contributed by atoms with Crippen LogP contribution in [0.1, 0.15) is 27.7 Å². The van der Waals surface area contributed by atoms with Crippen molar-refractivity contribution < 1.29 is 4.74 Å². The van der Waals surface area contributed by atoms with Crippen molar-refractivity contribution >= 4 is 0 Å². The van der Waals surface area contributed by atoms with Gasteiger partial charge < -0.3 is 10.1 Å². The fraction of sp³-hybridized carbons (Fsp3) is 1.00. The van der Waals surface area contributed by atoms with Gasteiger partial charge in [-0.2, -0.15) is 0 Å². The van der Waals surface area contributed by atoms with E-state index in [2.05, 4.69) is 42.8 Å². The van der Waals surface area contributed by atoms with Crippen molar-refractivity contribution in [2.45, 2.75) is 45.4 Å². The van der Waals surface area contributed by atoms with Gasteiger partial charge in [-0.1, -0.05) is 0 Å². The van der Waals surface area contributed by atoms with Gasteiger partial charge in [0.2, 0.25) is 0 Å². The van der Waals surface area contributed by atoms with Gasteiger partial charge in [-0.25, -0.2) is 0 Å². The van der Waals surface area contributed by atoms with Crippen molar-refractivity contribution in [1.82, 2.24) is 15.1 Å². The normalized spacial score (nSPS) is 32.7. The van der Waals surface area contributed by atoms with E-state index in [-0.39, 0.29) is 5.54 Å². The second-order valence-electron chi connectivity index (χ2n) is 6.50. The van der Waals surface area contributed by atoms with Gasteiger partial charge in [0.25, 0.3) is 0 Å². The molecule has 0 aliphatic carbocycles. The van der Waals surface area contributed by atoms with E-state index in [9.17, 15) is 0 Å². The maximum Gasteiger partial charge on any atom is 0.0678 e. The lowest BCUT2D eigenvalue weighted by molar-refractivity contribution is -0.0802. The smallest absolute Gasteiger partial charge is 0.0678 e. The highest BCUT2D eigenvalue weighted by molar-refractivity contribution is 4.89. The van der Waals surface area contributed by atoms with Gasteiger partial charge in [0.1, 0.15) is 0 Å². The molecule has 2 aliphatic rings. The zero-order valence-corrected chi connectivity index (χ0v) is 12.4. The van der Waals surface area contributed by atoms with Crippen molar-refractivity contribution in [3.05, 3.63) is 0 Å². The third kappa shape index (κ3) is 3.67. The van der Waals surface area contributed by atoms with Crippen molar-refractivity contribution in [3.63, 3.8) is 0 Å². The summed E-state index contributed by atoms with van der Waals surface area (Å²) in [7, 11) is 0. The molecule has 2 fully saturated rings. The number of nitrogens with zero attached hydrogens (tertiary/aromatic N) is 2. The minimum absolute atomic E-state index is 0.263. The van der Waals surface area contributed by atoms with Crippen LogP contribution in [0, 0.1) is 0 Å². The Morgan fingerprint density at radius 3 is 2.22 bits per heavy atom. The largest absolute Gasteiger partial charge is 0.373 e. The molecule has 18 heavy (non-hydrogen) atoms. The van der Waals surface area contributed by atoms with E-state index >= 15 is 0 Å². The third-order valence-electron chi connectivity index (χ3n) is 4.08. The fourth-order valence-corrected chi connectivity index (χ4v) is 3.33. The van der Waals surface area contributed by atoms with E-state index < -0.39 is 0 Å². The van der Waals surface area contributed by atoms with Gasteiger partial charge in [-0.3, -0.25) is 9.80 Å². The number of nitrogens with one attached hydrogen (secondary N) is 1. The summed E-state index contributed by atoms with van der Waals surface area (Å²) >= 11 is 0. The summed E-state index contributed by atoms with van der Waals surface area (Å²) in [4.78, 5) is 5.19. The molecule has 0 aromatic carbocycles. The van der Waals surface area contributed by atoms with Crippen LogP contribution >= 0.6 is 0 Å². The van der Waals surface area contributed by atoms with Crippen LogP contribution in [0.2, 0.25) is 0 Å². The molecule has 106 valence electrons. The Balaban J connectivity index is 1.89. The standard InChI is InChI=1S/C14H29N3O/c1-12-9-16(10-13(2)18-12)11-14(3,4)17-7-5-15-6-8-17/h12-13,15H,5-11H2,1-4H3/t12-,13+. The van der Waals surface area contributed by atoms with Crippen molar-refractivity contribution in [2.75, 3.05) is 45.8 Å². The lowest BCUT2D eigenvalue weighted by atomic mass is 10.00. The molecule has 0 spiro atoms. The molecular formula is C14H29N3O. The lowest BCUT2D eigenvalue weighted by Crippen LogP contribution is -2.59. The van der Waals surface area contributed by atoms with Gasteiger partial charge in [0.05, 0.1) is 12.2 Å². The minimum atomic E-state index is 0.263. The maximum absolute atomic E-state index is 5.81. The average molecular weight is 255 g/mol. The van der Waals surface area contributed by atoms with E-state index in [1.165, 1.54) is 13.1 Å². The number of hydrogen-bond donors (Lipinski definition) is 1. The first kappa shape index (κ1) is 14.3. The molecule has 4 nitrogen and oxygen atoms in total. The van der Waals surface area contributed by atoms with Gasteiger partial charge in [-0.05, 0) is 27.7 Å². The second-order valence-corrected chi connectivity index (χ2v) is 6.50. The van der Waals surface area contributed by atoms with Crippen LogP contribution in [0.15, 0.2) is 0 Å². The first-order valence-corrected chi connectivity index (χ1v) is 7.31. The Bertz CT molecular complexity index is 254. The molecule has 0 amide bonds. The summed E-state index contributed by atoms with van der Waals surface area (Å²) in [5, 5.41) is 3.43. The van der Waals surface area contributed by atoms with Crippen LogP contribution in [0.3, 0.4) is 0 Å². The summed E-state index contributed by atoms with van der Waals surface area (Å²) in [6.07, 6.45) is 0.736. The third-order valence-corrected chi connectivity index (χ3v) is 4.08. The SMILES string of the molecule is C[C@@H]1CN(CC(C)(C)N2CCNCC2)C[C@H](C)O1. The Kier molecular flexibility index (Phi) is 4.64. The number of rotatable bonds is 3. The van der Waals surface area contributed by atoms with E-state index in [4.69, 9.17) is 4.74 Å². The van der Waals surface area contributed by atoms with Crippen LogP contribution in [-0.4, -0.2) is 73.4 Å². The van der Waals surface area contributed by atoms with E-state index in [1.807, 2.05) is 0 Å². The van der Waals surface area contributed by atoms with Gasteiger partial charge in [0, 0.05) is 51.4 Å². The Morgan fingerprint density at radius 1 is 1.11 bits per heavy atom. The number of ether oxygens (including phenoxy) is 1. The van der Waals surface area contributed by atoms with Gasteiger partial charge >= 0.3 is 0 Å². The molecule has 2 heterocycles. The highest BCUT2D eigenvalue weighted by Crippen LogP contribution is 2.20. The molecule has 2 aliphatic heterocycles. The zero-order chi connectivity index (χ0) is 13.2. The predicted octanol–water partition coefficient (Wildman–Crippen LogP) is 0.779. The highest BCUT2D eigenvalue weighted by Gasteiger charge is 2.32. The van der Waals surface area contributed by atoms with E-state index in [1.54, 1.807) is 0 Å². The van der Waals surface area contributed by atoms with Crippen molar-refractivity contribution in [1.29, 1.82) is 0 Å². The summed E-state index contributed by atoms with van der Waals surface area (Å²) in [5.41, 5.74) is 0.263. The first-order chi connectivity index (χ1) is 8.47. The Hall–Kier alpha value is -0.160. The van der Waals surface area contributed by atoms with Crippen LogP contribution < -0.4 is 5.32 Å². The molecule has 0 radical (unpaired) electrons. The van der Waals surface area contributed by atoms with Crippen LogP contribution in [0.25, 0.3) is 0 Å². The predicted molar refractivity (Wildman–Crippen MR) is 75.0 cm³/mol. The topological polar surface area (TPSA) is 27.7 Å². The van der Waals surface area contributed by atoms with Gasteiger partial charge in [-0.15, -0.1) is 0 Å². The molecule has 2 saturated heterocycles. The summed E-state index contributed by atoms with van der Waals surface area (Å²) in [5.74, 6) is 0. The molecule has 0 saturated carbocycles. The molecule has 1 N–H and O–H groups in total. The number of piperazine rings is 1. The second kappa shape index (κ2) is 5.87. The van der Waals surface area contributed by atoms with Crippen LogP contribution in [0.4, 0.5) is 0 Å². The van der Waals surface area contributed by atoms with E-state index in [0.717, 1.165) is 32.7 Å². The average Bonchev–Trinajstić information content (AvgIpc) is 2.28. The first-order valence-electron chi connectivity index (χ1n) is 7.31. The summed E-state index contributed by atoms with van der Waals surface area (Å²) < 4.78 is 5.81. The summed E-state index contributed by atoms with van der Waals surface area (Å²) in [6.45, 7) is 17.0. The summed E-state index contributed by atoms with van der Waals surface area (Å²) in [6, 6.07) is 0. The Labute approximate surface area is 112 Å². The fourth-order valence-electron chi connectivity index (χ4n) is 3.33. The Morgan fingerprint density at radius 2 is 1.67 bits per heavy atom. The molecule has 0 unspecified atom stereocenters. The quantitative estimate of drug-likeness (QED) is 0.806. The van der Waals surface area contributed by atoms with Gasteiger partial charge in [0.15, 0.2) is 0 Å². The number of hydrogen-bond acceptors (Lipinski definition) is 4. The van der Waals surface area contributed by atoms with Crippen molar-refractivity contribution in [2.24, 2.45) is 0 Å². The molecule has 2 rings (SSSR count). The molecule has 0 aromatic rings. The maximum atomic E-state index is 5.81. The van der Waals surface area contributed by atoms with Crippen LogP contribution in [-0.2, 0) is 4.74 Å². The van der Waals surface area contributed by atoms with Crippen LogP contribution in [0.5, 0.6) is 0 Å². The molecule has 0 aromatic heterocycles. The molecule has 0 bridgehead atoms. The van der Waals surface area contributed by atoms with E-state index in [0.29, 0.717) is 12.2 Å². The monoisotopic (exact) mass is 255 g/mol. The molecular weight excluding hydrogens is 226 g/mol. The highest BCUT2D eigenvalue weighted by atomic mass is 16.5. The van der Waals surface area contributed by atoms with Crippen molar-refractivity contribution in [3.8, 4) is 0 Å². The number of morpholine rings is 1. The molecule has 4 heteroatoms. The minimum Gasteiger partial charge on any atom is -0.373 e.